The second-order valence-electron chi connectivity index (χ2n) is 9.50. The highest BCUT2D eigenvalue weighted by Gasteiger charge is 2.33. The highest BCUT2D eigenvalue weighted by atomic mass is 32.2. The van der Waals surface area contributed by atoms with E-state index >= 15 is 0 Å². The monoisotopic (exact) mass is 551 g/mol. The van der Waals surface area contributed by atoms with E-state index in [-0.39, 0.29) is 29.1 Å². The molecular weight excluding hydrogens is 514 g/mol. The Morgan fingerprint density at radius 3 is 2.26 bits per heavy atom. The molecule has 3 aromatic carbocycles. The van der Waals surface area contributed by atoms with Gasteiger partial charge in [0, 0.05) is 12.6 Å². The van der Waals surface area contributed by atoms with Crippen molar-refractivity contribution in [3.8, 4) is 5.75 Å². The minimum atomic E-state index is -4.16. The van der Waals surface area contributed by atoms with Crippen LogP contribution in [0.3, 0.4) is 0 Å². The van der Waals surface area contributed by atoms with E-state index in [1.807, 2.05) is 45.0 Å². The quantitative estimate of drug-likeness (QED) is 0.357. The molecule has 0 unspecified atom stereocenters. The van der Waals surface area contributed by atoms with Gasteiger partial charge in [0.25, 0.3) is 10.0 Å². The number of methoxy groups -OCH3 is 1. The smallest absolute Gasteiger partial charge is 0.264 e. The molecule has 0 radical (unpaired) electrons. The first kappa shape index (κ1) is 29.7. The van der Waals surface area contributed by atoms with Crippen LogP contribution in [-0.4, -0.2) is 50.9 Å². The van der Waals surface area contributed by atoms with Crippen LogP contribution in [0.25, 0.3) is 0 Å². The Bertz CT molecular complexity index is 1380. The number of para-hydroxylation sites is 2. The van der Waals surface area contributed by atoms with Crippen LogP contribution in [-0.2, 0) is 26.2 Å². The molecule has 0 aliphatic carbocycles. The topological polar surface area (TPSA) is 96.0 Å². The van der Waals surface area contributed by atoms with Crippen LogP contribution in [0.15, 0.2) is 83.8 Å². The van der Waals surface area contributed by atoms with Crippen molar-refractivity contribution >= 4 is 27.5 Å². The molecule has 208 valence electrons. The number of anilines is 1. The van der Waals surface area contributed by atoms with Crippen molar-refractivity contribution in [1.82, 2.24) is 10.2 Å². The standard InChI is InChI=1S/C30H37N3O5S/c1-6-23(3)31-30(35)24(4)32(20-25-14-12-13-22(2)19-25)29(34)21-33(27-17-10-11-18-28(27)38-5)39(36,37)26-15-8-7-9-16-26/h7-19,23-24H,6,20-21H2,1-5H3,(H,31,35)/t23-,24+/m0/s1. The summed E-state index contributed by atoms with van der Waals surface area (Å²) in [7, 11) is -2.71. The molecule has 0 saturated heterocycles. The molecule has 3 rings (SSSR count). The molecule has 3 aromatic rings. The summed E-state index contributed by atoms with van der Waals surface area (Å²) < 4.78 is 34.2. The average molecular weight is 552 g/mol. The predicted octanol–water partition coefficient (Wildman–Crippen LogP) is 4.53. The van der Waals surface area contributed by atoms with E-state index in [1.54, 1.807) is 49.4 Å². The van der Waals surface area contributed by atoms with Gasteiger partial charge in [0.1, 0.15) is 18.3 Å². The summed E-state index contributed by atoms with van der Waals surface area (Å²) in [6.07, 6.45) is 0.737. The molecule has 39 heavy (non-hydrogen) atoms. The van der Waals surface area contributed by atoms with Gasteiger partial charge in [-0.05, 0) is 57.0 Å². The first-order chi connectivity index (χ1) is 18.6. The molecule has 8 nitrogen and oxygen atoms in total. The van der Waals surface area contributed by atoms with Gasteiger partial charge in [0.2, 0.25) is 11.8 Å². The number of hydrogen-bond acceptors (Lipinski definition) is 5. The Labute approximate surface area is 231 Å². The van der Waals surface area contributed by atoms with Crippen molar-refractivity contribution in [2.24, 2.45) is 0 Å². The number of ether oxygens (including phenoxy) is 1. The Kier molecular flexibility index (Phi) is 10.1. The largest absolute Gasteiger partial charge is 0.495 e. The van der Waals surface area contributed by atoms with Crippen LogP contribution in [0.4, 0.5) is 5.69 Å². The molecule has 9 heteroatoms. The maximum absolute atomic E-state index is 14.0. The van der Waals surface area contributed by atoms with Gasteiger partial charge in [-0.3, -0.25) is 13.9 Å². The number of sulfonamides is 1. The molecule has 2 amide bonds. The molecular formula is C30H37N3O5S. The number of carbonyl (C=O) groups excluding carboxylic acids is 2. The van der Waals surface area contributed by atoms with Gasteiger partial charge in [-0.15, -0.1) is 0 Å². The molecule has 0 saturated carbocycles. The van der Waals surface area contributed by atoms with Crippen LogP contribution in [0, 0.1) is 6.92 Å². The number of hydrogen-bond donors (Lipinski definition) is 1. The lowest BCUT2D eigenvalue weighted by molar-refractivity contribution is -0.139. The fraction of sp³-hybridized carbons (Fsp3) is 0.333. The number of aryl methyl sites for hydroxylation is 1. The third-order valence-corrected chi connectivity index (χ3v) is 8.34. The predicted molar refractivity (Wildman–Crippen MR) is 153 cm³/mol. The van der Waals surface area contributed by atoms with Crippen molar-refractivity contribution in [3.05, 3.63) is 90.0 Å². The van der Waals surface area contributed by atoms with E-state index in [2.05, 4.69) is 5.32 Å². The van der Waals surface area contributed by atoms with Crippen LogP contribution in [0.5, 0.6) is 5.75 Å². The molecule has 0 aliphatic rings. The molecule has 0 heterocycles. The Morgan fingerprint density at radius 2 is 1.62 bits per heavy atom. The van der Waals surface area contributed by atoms with E-state index in [0.29, 0.717) is 5.75 Å². The molecule has 2 atom stereocenters. The number of nitrogens with zero attached hydrogens (tertiary/aromatic N) is 2. The highest BCUT2D eigenvalue weighted by Crippen LogP contribution is 2.32. The van der Waals surface area contributed by atoms with Crippen molar-refractivity contribution in [2.45, 2.75) is 57.6 Å². The van der Waals surface area contributed by atoms with Crippen LogP contribution >= 0.6 is 0 Å². The first-order valence-electron chi connectivity index (χ1n) is 12.9. The van der Waals surface area contributed by atoms with Gasteiger partial charge in [-0.1, -0.05) is 67.1 Å². The minimum Gasteiger partial charge on any atom is -0.495 e. The van der Waals surface area contributed by atoms with E-state index in [1.165, 1.54) is 24.1 Å². The zero-order valence-corrected chi connectivity index (χ0v) is 23.9. The van der Waals surface area contributed by atoms with E-state index in [0.717, 1.165) is 21.9 Å². The Hall–Kier alpha value is -3.85. The summed E-state index contributed by atoms with van der Waals surface area (Å²) in [4.78, 5) is 28.6. The minimum absolute atomic E-state index is 0.0384. The molecule has 0 fully saturated rings. The highest BCUT2D eigenvalue weighted by molar-refractivity contribution is 7.92. The summed E-state index contributed by atoms with van der Waals surface area (Å²) >= 11 is 0. The lowest BCUT2D eigenvalue weighted by Crippen LogP contribution is -2.52. The SMILES string of the molecule is CC[C@H](C)NC(=O)[C@@H](C)N(Cc1cccc(C)c1)C(=O)CN(c1ccccc1OC)S(=O)(=O)c1ccccc1. The maximum Gasteiger partial charge on any atom is 0.264 e. The van der Waals surface area contributed by atoms with E-state index < -0.39 is 28.5 Å². The van der Waals surface area contributed by atoms with E-state index in [9.17, 15) is 18.0 Å². The third-order valence-electron chi connectivity index (χ3n) is 6.57. The summed E-state index contributed by atoms with van der Waals surface area (Å²) in [5.41, 5.74) is 2.07. The molecule has 1 N–H and O–H groups in total. The van der Waals surface area contributed by atoms with Crippen molar-refractivity contribution in [2.75, 3.05) is 18.0 Å². The summed E-state index contributed by atoms with van der Waals surface area (Å²) in [6, 6.07) is 21.3. The number of amides is 2. The lowest BCUT2D eigenvalue weighted by Gasteiger charge is -2.32. The van der Waals surface area contributed by atoms with E-state index in [4.69, 9.17) is 4.74 Å². The fourth-order valence-electron chi connectivity index (χ4n) is 4.12. The van der Waals surface area contributed by atoms with Gasteiger partial charge in [-0.2, -0.15) is 0 Å². The number of rotatable bonds is 12. The van der Waals surface area contributed by atoms with Crippen molar-refractivity contribution in [1.29, 1.82) is 0 Å². The fourth-order valence-corrected chi connectivity index (χ4v) is 5.57. The summed E-state index contributed by atoms with van der Waals surface area (Å²) in [5.74, 6) is -0.522. The zero-order valence-electron chi connectivity index (χ0n) is 23.1. The average Bonchev–Trinajstić information content (AvgIpc) is 2.94. The summed E-state index contributed by atoms with van der Waals surface area (Å²) in [6.45, 7) is 7.08. The number of carbonyl (C=O) groups is 2. The first-order valence-corrected chi connectivity index (χ1v) is 14.4. The second-order valence-corrected chi connectivity index (χ2v) is 11.4. The van der Waals surface area contributed by atoms with Gasteiger partial charge >= 0.3 is 0 Å². The summed E-state index contributed by atoms with van der Waals surface area (Å²) in [5, 5.41) is 2.94. The normalized spacial score (nSPS) is 12.7. The second kappa shape index (κ2) is 13.3. The molecule has 0 aliphatic heterocycles. The van der Waals surface area contributed by atoms with Gasteiger partial charge in [-0.25, -0.2) is 8.42 Å². The molecule has 0 aromatic heterocycles. The Morgan fingerprint density at radius 1 is 0.949 bits per heavy atom. The third kappa shape index (κ3) is 7.38. The molecule has 0 spiro atoms. The van der Waals surface area contributed by atoms with Crippen LogP contribution in [0.2, 0.25) is 0 Å². The van der Waals surface area contributed by atoms with Gasteiger partial charge in [0.15, 0.2) is 0 Å². The Balaban J connectivity index is 2.05. The van der Waals surface area contributed by atoms with Gasteiger partial charge < -0.3 is 15.0 Å². The maximum atomic E-state index is 14.0. The molecule has 0 bridgehead atoms. The van der Waals surface area contributed by atoms with Crippen molar-refractivity contribution < 1.29 is 22.7 Å². The van der Waals surface area contributed by atoms with Crippen LogP contribution < -0.4 is 14.4 Å². The van der Waals surface area contributed by atoms with Crippen molar-refractivity contribution in [3.63, 3.8) is 0 Å². The zero-order chi connectivity index (χ0) is 28.6. The van der Waals surface area contributed by atoms with Gasteiger partial charge in [0.05, 0.1) is 17.7 Å². The van der Waals surface area contributed by atoms with Crippen LogP contribution in [0.1, 0.15) is 38.3 Å². The number of nitrogens with one attached hydrogen (secondary N) is 1. The number of benzene rings is 3. The lowest BCUT2D eigenvalue weighted by atomic mass is 10.1.